The fourth-order valence-electron chi connectivity index (χ4n) is 1.47. The molecule has 0 aromatic heterocycles. The van der Waals surface area contributed by atoms with E-state index in [0.29, 0.717) is 0 Å². The van der Waals surface area contributed by atoms with E-state index in [1.165, 1.54) is 0 Å². The van der Waals surface area contributed by atoms with E-state index in [0.717, 1.165) is 11.3 Å². The number of fused-ring (bicyclic) bond motifs is 1. The number of para-hydroxylation sites is 1. The summed E-state index contributed by atoms with van der Waals surface area (Å²) in [6.07, 6.45) is -0.535. The Labute approximate surface area is 76.9 Å². The molecule has 0 saturated heterocycles. The van der Waals surface area contributed by atoms with Crippen LogP contribution in [0, 0.1) is 0 Å². The van der Waals surface area contributed by atoms with E-state index in [4.69, 9.17) is 14.6 Å². The molecule has 1 unspecified atom stereocenters. The maximum absolute atomic E-state index is 8.88. The molecule has 0 saturated carbocycles. The van der Waals surface area contributed by atoms with E-state index in [9.17, 15) is 0 Å². The van der Waals surface area contributed by atoms with E-state index in [2.05, 4.69) is 0 Å². The zero-order valence-corrected chi connectivity index (χ0v) is 7.43. The van der Waals surface area contributed by atoms with Crippen molar-refractivity contribution in [3.63, 3.8) is 0 Å². The van der Waals surface area contributed by atoms with E-state index in [1.54, 1.807) is 0 Å². The second-order valence-electron chi connectivity index (χ2n) is 3.05. The highest BCUT2D eigenvalue weighted by Crippen LogP contribution is 2.33. The highest BCUT2D eigenvalue weighted by atomic mass is 16.7. The molecule has 2 atom stereocenters. The van der Waals surface area contributed by atoms with Crippen molar-refractivity contribution in [1.82, 2.24) is 0 Å². The van der Waals surface area contributed by atoms with Gasteiger partial charge in [-0.15, -0.1) is 0 Å². The molecule has 1 aliphatic heterocycles. The zero-order valence-electron chi connectivity index (χ0n) is 7.43. The number of hydrogen-bond donors (Lipinski definition) is 1. The van der Waals surface area contributed by atoms with Crippen molar-refractivity contribution < 1.29 is 14.6 Å². The minimum absolute atomic E-state index is 0.0119. The minimum Gasteiger partial charge on any atom is -0.462 e. The van der Waals surface area contributed by atoms with Crippen LogP contribution in [0.3, 0.4) is 0 Å². The van der Waals surface area contributed by atoms with E-state index >= 15 is 0 Å². The highest BCUT2D eigenvalue weighted by Gasteiger charge is 2.24. The number of ether oxygens (including phenoxy) is 2. The lowest BCUT2D eigenvalue weighted by Gasteiger charge is -2.29. The van der Waals surface area contributed by atoms with Gasteiger partial charge in [-0.05, 0) is 13.0 Å². The van der Waals surface area contributed by atoms with Gasteiger partial charge in [0.1, 0.15) is 12.4 Å². The van der Waals surface area contributed by atoms with Crippen LogP contribution >= 0.6 is 0 Å². The molecule has 70 valence electrons. The van der Waals surface area contributed by atoms with Crippen molar-refractivity contribution in [2.24, 2.45) is 0 Å². The lowest BCUT2D eigenvalue weighted by Crippen LogP contribution is -2.30. The van der Waals surface area contributed by atoms with Gasteiger partial charge in [0.25, 0.3) is 0 Å². The van der Waals surface area contributed by atoms with Gasteiger partial charge in [0.2, 0.25) is 6.29 Å². The number of aliphatic hydroxyl groups is 1. The molecular formula is C10H12O3. The lowest BCUT2D eigenvalue weighted by molar-refractivity contribution is -0.154. The summed E-state index contributed by atoms with van der Waals surface area (Å²) in [6, 6.07) is 7.71. The second-order valence-corrected chi connectivity index (χ2v) is 3.05. The average molecular weight is 180 g/mol. The van der Waals surface area contributed by atoms with E-state index in [-0.39, 0.29) is 12.7 Å². The molecule has 0 amide bonds. The lowest BCUT2D eigenvalue weighted by atomic mass is 10.1. The van der Waals surface area contributed by atoms with Crippen molar-refractivity contribution >= 4 is 0 Å². The number of rotatable bonds is 1. The molecule has 1 aromatic rings. The molecule has 1 heterocycles. The summed E-state index contributed by atoms with van der Waals surface area (Å²) in [6.45, 7) is 1.84. The van der Waals surface area contributed by atoms with Gasteiger partial charge in [0.05, 0.1) is 6.10 Å². The summed E-state index contributed by atoms with van der Waals surface area (Å²) in [5, 5.41) is 8.88. The largest absolute Gasteiger partial charge is 0.462 e. The summed E-state index contributed by atoms with van der Waals surface area (Å²) < 4.78 is 10.8. The molecule has 13 heavy (non-hydrogen) atoms. The molecule has 1 aromatic carbocycles. The summed E-state index contributed by atoms with van der Waals surface area (Å²) >= 11 is 0. The Kier molecular flexibility index (Phi) is 2.20. The molecule has 0 spiro atoms. The second kappa shape index (κ2) is 3.36. The molecule has 2 rings (SSSR count). The van der Waals surface area contributed by atoms with Gasteiger partial charge in [-0.1, -0.05) is 18.2 Å². The van der Waals surface area contributed by atoms with Gasteiger partial charge in [0.15, 0.2) is 0 Å². The van der Waals surface area contributed by atoms with Crippen LogP contribution in [-0.4, -0.2) is 18.0 Å². The van der Waals surface area contributed by atoms with Crippen molar-refractivity contribution in [2.45, 2.75) is 19.3 Å². The standard InChI is InChI=1S/C10H12O3/c1-7-8-4-2-3-5-9(8)13-10(6-11)12-7/h2-5,7,10-11H,6H2,1H3/t7-,10?/m0/s1. The summed E-state index contributed by atoms with van der Waals surface area (Å²) in [7, 11) is 0. The van der Waals surface area contributed by atoms with Crippen LogP contribution in [0.4, 0.5) is 0 Å². The third kappa shape index (κ3) is 1.53. The number of benzene rings is 1. The normalized spacial score (nSPS) is 26.3. The van der Waals surface area contributed by atoms with Crippen LogP contribution in [0.25, 0.3) is 0 Å². The third-order valence-corrected chi connectivity index (χ3v) is 2.12. The Hall–Kier alpha value is -1.06. The Morgan fingerprint density at radius 2 is 2.15 bits per heavy atom. The first-order valence-corrected chi connectivity index (χ1v) is 4.33. The molecule has 0 bridgehead atoms. The molecule has 3 nitrogen and oxygen atoms in total. The van der Waals surface area contributed by atoms with Crippen LogP contribution in [0.2, 0.25) is 0 Å². The van der Waals surface area contributed by atoms with Gasteiger partial charge < -0.3 is 14.6 Å². The average Bonchev–Trinajstić information content (AvgIpc) is 2.18. The fourth-order valence-corrected chi connectivity index (χ4v) is 1.47. The van der Waals surface area contributed by atoms with Crippen LogP contribution in [0.5, 0.6) is 5.75 Å². The van der Waals surface area contributed by atoms with Crippen LogP contribution in [0.15, 0.2) is 24.3 Å². The smallest absolute Gasteiger partial charge is 0.223 e. The molecule has 0 aliphatic carbocycles. The summed E-state index contributed by atoms with van der Waals surface area (Å²) in [4.78, 5) is 0. The maximum Gasteiger partial charge on any atom is 0.223 e. The molecule has 1 N–H and O–H groups in total. The molecule has 3 heteroatoms. The monoisotopic (exact) mass is 180 g/mol. The fraction of sp³-hybridized carbons (Fsp3) is 0.400. The zero-order chi connectivity index (χ0) is 9.26. The van der Waals surface area contributed by atoms with Crippen molar-refractivity contribution in [3.8, 4) is 5.75 Å². The van der Waals surface area contributed by atoms with Gasteiger partial charge in [-0.2, -0.15) is 0 Å². The molecule has 1 aliphatic rings. The Morgan fingerprint density at radius 1 is 1.38 bits per heavy atom. The topological polar surface area (TPSA) is 38.7 Å². The Bertz CT molecular complexity index is 298. The van der Waals surface area contributed by atoms with Gasteiger partial charge >= 0.3 is 0 Å². The minimum atomic E-state index is -0.523. The van der Waals surface area contributed by atoms with E-state index in [1.807, 2.05) is 31.2 Å². The SMILES string of the molecule is C[C@@H]1OC(CO)Oc2ccccc21. The first-order valence-electron chi connectivity index (χ1n) is 4.33. The predicted octanol–water partition coefficient (Wildman–Crippen LogP) is 1.47. The molecular weight excluding hydrogens is 168 g/mol. The van der Waals surface area contributed by atoms with Crippen LogP contribution < -0.4 is 4.74 Å². The predicted molar refractivity (Wildman–Crippen MR) is 47.4 cm³/mol. The summed E-state index contributed by atoms with van der Waals surface area (Å²) in [5.74, 6) is 0.806. The Balaban J connectivity index is 2.31. The van der Waals surface area contributed by atoms with Crippen LogP contribution in [0.1, 0.15) is 18.6 Å². The Morgan fingerprint density at radius 3 is 2.92 bits per heavy atom. The highest BCUT2D eigenvalue weighted by molar-refractivity contribution is 5.35. The van der Waals surface area contributed by atoms with Gasteiger partial charge in [-0.25, -0.2) is 0 Å². The first-order chi connectivity index (χ1) is 6.31. The summed E-state index contributed by atoms with van der Waals surface area (Å²) in [5.41, 5.74) is 1.03. The first kappa shape index (κ1) is 8.53. The maximum atomic E-state index is 8.88. The van der Waals surface area contributed by atoms with Crippen molar-refractivity contribution in [2.75, 3.05) is 6.61 Å². The van der Waals surface area contributed by atoms with Gasteiger partial charge in [-0.3, -0.25) is 0 Å². The quantitative estimate of drug-likeness (QED) is 0.711. The van der Waals surface area contributed by atoms with Gasteiger partial charge in [0, 0.05) is 5.56 Å². The molecule has 0 radical (unpaired) electrons. The van der Waals surface area contributed by atoms with Crippen LogP contribution in [-0.2, 0) is 4.74 Å². The van der Waals surface area contributed by atoms with Crippen molar-refractivity contribution in [1.29, 1.82) is 0 Å². The van der Waals surface area contributed by atoms with E-state index < -0.39 is 6.29 Å². The number of aliphatic hydroxyl groups excluding tert-OH is 1. The van der Waals surface area contributed by atoms with Crippen molar-refractivity contribution in [3.05, 3.63) is 29.8 Å². The third-order valence-electron chi connectivity index (χ3n) is 2.12. The molecule has 0 fully saturated rings. The number of hydrogen-bond acceptors (Lipinski definition) is 3.